The van der Waals surface area contributed by atoms with Gasteiger partial charge in [0.15, 0.2) is 0 Å². The van der Waals surface area contributed by atoms with Crippen molar-refractivity contribution in [2.75, 3.05) is 0 Å². The van der Waals surface area contributed by atoms with Gasteiger partial charge in [-0.25, -0.2) is 0 Å². The van der Waals surface area contributed by atoms with Gasteiger partial charge in [-0.1, -0.05) is 36.4 Å². The second kappa shape index (κ2) is 6.43. The molecule has 0 spiro atoms. The first kappa shape index (κ1) is 14.4. The van der Waals surface area contributed by atoms with Crippen molar-refractivity contribution in [3.8, 4) is 5.75 Å². The fraction of sp³-hybridized carbons (Fsp3) is 0.200. The van der Waals surface area contributed by atoms with Crippen LogP contribution in [-0.2, 0) is 5.75 Å². The molecule has 2 aromatic rings. The van der Waals surface area contributed by atoms with Gasteiger partial charge < -0.3 is 4.18 Å². The van der Waals surface area contributed by atoms with Crippen molar-refractivity contribution in [1.82, 2.24) is 0 Å². The lowest BCUT2D eigenvalue weighted by Gasteiger charge is -2.09. The Kier molecular flexibility index (Phi) is 4.63. The summed E-state index contributed by atoms with van der Waals surface area (Å²) in [6.07, 6.45) is 0. The van der Waals surface area contributed by atoms with E-state index in [1.165, 1.54) is 18.1 Å². The Morgan fingerprint density at radius 2 is 1.90 bits per heavy atom. The number of benzene rings is 2. The van der Waals surface area contributed by atoms with Crippen LogP contribution in [-0.4, -0.2) is 4.92 Å². The Hall–Kier alpha value is -2.01. The first-order chi connectivity index (χ1) is 9.58. The molecule has 104 valence electrons. The van der Waals surface area contributed by atoms with Crippen LogP contribution in [0.15, 0.2) is 42.5 Å². The topological polar surface area (TPSA) is 52.4 Å². The van der Waals surface area contributed by atoms with Gasteiger partial charge >= 0.3 is 5.69 Å². The van der Waals surface area contributed by atoms with Crippen LogP contribution in [0.1, 0.15) is 16.7 Å². The summed E-state index contributed by atoms with van der Waals surface area (Å²) in [7, 11) is 0. The van der Waals surface area contributed by atoms with Gasteiger partial charge in [0, 0.05) is 11.6 Å². The van der Waals surface area contributed by atoms with Crippen molar-refractivity contribution in [2.24, 2.45) is 0 Å². The molecule has 0 atom stereocenters. The third kappa shape index (κ3) is 3.51. The molecule has 5 heteroatoms. The zero-order valence-corrected chi connectivity index (χ0v) is 12.1. The fourth-order valence-electron chi connectivity index (χ4n) is 1.91. The van der Waals surface area contributed by atoms with Crippen LogP contribution < -0.4 is 4.18 Å². The number of nitrogens with zero attached hydrogens (tertiary/aromatic N) is 1. The highest BCUT2D eigenvalue weighted by Crippen LogP contribution is 2.34. The van der Waals surface area contributed by atoms with E-state index in [-0.39, 0.29) is 5.69 Å². The van der Waals surface area contributed by atoms with Crippen molar-refractivity contribution < 1.29 is 9.11 Å². The Morgan fingerprint density at radius 3 is 2.55 bits per heavy atom. The molecule has 2 aromatic carbocycles. The van der Waals surface area contributed by atoms with E-state index in [2.05, 4.69) is 0 Å². The summed E-state index contributed by atoms with van der Waals surface area (Å²) < 4.78 is 5.56. The van der Waals surface area contributed by atoms with Crippen molar-refractivity contribution in [3.63, 3.8) is 0 Å². The number of hydrogen-bond donors (Lipinski definition) is 0. The van der Waals surface area contributed by atoms with Crippen LogP contribution >= 0.6 is 12.0 Å². The molecule has 0 aliphatic rings. The van der Waals surface area contributed by atoms with E-state index in [9.17, 15) is 10.1 Å². The number of hydrogen-bond acceptors (Lipinski definition) is 4. The summed E-state index contributed by atoms with van der Waals surface area (Å²) >= 11 is 1.21. The number of nitro benzene ring substituents is 1. The largest absolute Gasteiger partial charge is 0.418 e. The van der Waals surface area contributed by atoms with E-state index in [0.29, 0.717) is 11.5 Å². The highest BCUT2D eigenvalue weighted by atomic mass is 32.2. The maximum absolute atomic E-state index is 11.1. The SMILES string of the molecule is Cc1cc(C)c(OSCc2ccccc2)c([N+](=O)[O-])c1. The Labute approximate surface area is 122 Å². The third-order valence-electron chi connectivity index (χ3n) is 2.81. The normalized spacial score (nSPS) is 10.3. The van der Waals surface area contributed by atoms with Crippen molar-refractivity contribution >= 4 is 17.7 Å². The van der Waals surface area contributed by atoms with Gasteiger partial charge in [-0.15, -0.1) is 0 Å². The zero-order chi connectivity index (χ0) is 14.5. The maximum Gasteiger partial charge on any atom is 0.313 e. The standard InChI is InChI=1S/C15H15NO3S/c1-11-8-12(2)15(14(9-11)16(17)18)19-20-10-13-6-4-3-5-7-13/h3-9H,10H2,1-2H3. The van der Waals surface area contributed by atoms with Crippen LogP contribution in [0.4, 0.5) is 5.69 Å². The highest BCUT2D eigenvalue weighted by Gasteiger charge is 2.19. The predicted molar refractivity (Wildman–Crippen MR) is 80.9 cm³/mol. The molecule has 2 rings (SSSR count). The maximum atomic E-state index is 11.1. The molecule has 0 heterocycles. The molecule has 0 fully saturated rings. The molecule has 0 saturated carbocycles. The average Bonchev–Trinajstić information content (AvgIpc) is 2.41. The van der Waals surface area contributed by atoms with Crippen molar-refractivity contribution in [2.45, 2.75) is 19.6 Å². The Bertz CT molecular complexity index is 614. The molecule has 0 aliphatic carbocycles. The van der Waals surface area contributed by atoms with Crippen LogP contribution in [0.2, 0.25) is 0 Å². The van der Waals surface area contributed by atoms with E-state index >= 15 is 0 Å². The number of rotatable bonds is 5. The number of nitro groups is 1. The molecule has 0 N–H and O–H groups in total. The van der Waals surface area contributed by atoms with E-state index in [4.69, 9.17) is 4.18 Å². The molecule has 0 aliphatic heterocycles. The molecular formula is C15H15NO3S. The minimum absolute atomic E-state index is 0.0167. The average molecular weight is 289 g/mol. The number of aryl methyl sites for hydroxylation is 2. The van der Waals surface area contributed by atoms with E-state index < -0.39 is 4.92 Å². The van der Waals surface area contributed by atoms with Gasteiger partial charge in [-0.3, -0.25) is 10.1 Å². The zero-order valence-electron chi connectivity index (χ0n) is 11.3. The third-order valence-corrected chi connectivity index (χ3v) is 3.54. The minimum atomic E-state index is -0.404. The van der Waals surface area contributed by atoms with Crippen LogP contribution in [0.25, 0.3) is 0 Å². The monoisotopic (exact) mass is 289 g/mol. The molecule has 20 heavy (non-hydrogen) atoms. The van der Waals surface area contributed by atoms with Gasteiger partial charge in [-0.2, -0.15) is 0 Å². The molecule has 0 aromatic heterocycles. The van der Waals surface area contributed by atoms with Gasteiger partial charge in [0.25, 0.3) is 0 Å². The van der Waals surface area contributed by atoms with Crippen LogP contribution in [0, 0.1) is 24.0 Å². The van der Waals surface area contributed by atoms with Gasteiger partial charge in [-0.05, 0) is 25.0 Å². The lowest BCUT2D eigenvalue weighted by atomic mass is 10.1. The van der Waals surface area contributed by atoms with Crippen LogP contribution in [0.3, 0.4) is 0 Å². The van der Waals surface area contributed by atoms with Crippen LogP contribution in [0.5, 0.6) is 5.75 Å². The molecule has 0 radical (unpaired) electrons. The quantitative estimate of drug-likeness (QED) is 0.464. The molecule has 0 saturated heterocycles. The Morgan fingerprint density at radius 1 is 1.20 bits per heavy atom. The second-order valence-corrected chi connectivity index (χ2v) is 5.21. The summed E-state index contributed by atoms with van der Waals surface area (Å²) in [4.78, 5) is 10.7. The summed E-state index contributed by atoms with van der Waals surface area (Å²) in [5.41, 5.74) is 2.76. The van der Waals surface area contributed by atoms with Gasteiger partial charge in [0.1, 0.15) is 0 Å². The lowest BCUT2D eigenvalue weighted by Crippen LogP contribution is -1.96. The predicted octanol–water partition coefficient (Wildman–Crippen LogP) is 4.44. The first-order valence-electron chi connectivity index (χ1n) is 6.17. The van der Waals surface area contributed by atoms with Crippen molar-refractivity contribution in [1.29, 1.82) is 0 Å². The Balaban J connectivity index is 2.11. The van der Waals surface area contributed by atoms with E-state index in [1.807, 2.05) is 50.2 Å². The van der Waals surface area contributed by atoms with E-state index in [1.54, 1.807) is 0 Å². The first-order valence-corrected chi connectivity index (χ1v) is 7.08. The fourth-order valence-corrected chi connectivity index (χ4v) is 2.63. The van der Waals surface area contributed by atoms with Gasteiger partial charge in [0.05, 0.1) is 22.7 Å². The molecule has 4 nitrogen and oxygen atoms in total. The summed E-state index contributed by atoms with van der Waals surface area (Å²) in [5, 5.41) is 11.1. The molecule has 0 amide bonds. The second-order valence-electron chi connectivity index (χ2n) is 4.52. The highest BCUT2D eigenvalue weighted by molar-refractivity contribution is 7.94. The summed E-state index contributed by atoms with van der Waals surface area (Å²) in [5.74, 6) is 0.979. The smallest absolute Gasteiger partial charge is 0.313 e. The van der Waals surface area contributed by atoms with Gasteiger partial charge in [0.2, 0.25) is 5.75 Å². The molecule has 0 bridgehead atoms. The molecule has 0 unspecified atom stereocenters. The van der Waals surface area contributed by atoms with Crippen molar-refractivity contribution in [3.05, 3.63) is 69.3 Å². The molecular weight excluding hydrogens is 274 g/mol. The minimum Gasteiger partial charge on any atom is -0.418 e. The summed E-state index contributed by atoms with van der Waals surface area (Å²) in [6, 6.07) is 13.3. The lowest BCUT2D eigenvalue weighted by molar-refractivity contribution is -0.385. The summed E-state index contributed by atoms with van der Waals surface area (Å²) in [6.45, 7) is 3.65. The van der Waals surface area contributed by atoms with E-state index in [0.717, 1.165) is 16.7 Å².